The van der Waals surface area contributed by atoms with E-state index in [1.54, 1.807) is 18.2 Å². The van der Waals surface area contributed by atoms with Gasteiger partial charge in [-0.25, -0.2) is 0 Å². The van der Waals surface area contributed by atoms with Crippen LogP contribution in [0.5, 0.6) is 0 Å². The van der Waals surface area contributed by atoms with Gasteiger partial charge in [-0.15, -0.1) is 0 Å². The van der Waals surface area contributed by atoms with E-state index >= 15 is 0 Å². The van der Waals surface area contributed by atoms with Gasteiger partial charge in [0.15, 0.2) is 0 Å². The Morgan fingerprint density at radius 3 is 2.71 bits per heavy atom. The van der Waals surface area contributed by atoms with Gasteiger partial charge in [0.1, 0.15) is 0 Å². The number of amides is 1. The molecule has 0 aliphatic carbocycles. The predicted octanol–water partition coefficient (Wildman–Crippen LogP) is 3.89. The molecule has 0 atom stereocenters. The molecule has 0 unspecified atom stereocenters. The molecule has 21 heavy (non-hydrogen) atoms. The van der Waals surface area contributed by atoms with Gasteiger partial charge in [-0.1, -0.05) is 29.3 Å². The highest BCUT2D eigenvalue weighted by molar-refractivity contribution is 6.42. The Morgan fingerprint density at radius 1 is 1.05 bits per heavy atom. The Kier molecular flexibility index (Phi) is 4.15. The second-order valence-electron chi connectivity index (χ2n) is 4.99. The quantitative estimate of drug-likeness (QED) is 0.881. The van der Waals surface area contributed by atoms with Crippen LogP contribution < -0.4 is 10.6 Å². The molecular weight excluding hydrogens is 307 g/mol. The minimum Gasteiger partial charge on any atom is -0.322 e. The van der Waals surface area contributed by atoms with Crippen molar-refractivity contribution in [2.75, 3.05) is 11.9 Å². The van der Waals surface area contributed by atoms with Crippen molar-refractivity contribution >= 4 is 34.8 Å². The fraction of sp³-hybridized carbons (Fsp3) is 0.188. The number of rotatable bonds is 2. The maximum absolute atomic E-state index is 12.2. The van der Waals surface area contributed by atoms with E-state index < -0.39 is 0 Å². The van der Waals surface area contributed by atoms with E-state index in [1.165, 1.54) is 11.1 Å². The Morgan fingerprint density at radius 2 is 1.90 bits per heavy atom. The van der Waals surface area contributed by atoms with Crippen LogP contribution in [0.2, 0.25) is 10.0 Å². The lowest BCUT2D eigenvalue weighted by molar-refractivity contribution is 0.102. The normalized spacial score (nSPS) is 13.6. The van der Waals surface area contributed by atoms with Crippen molar-refractivity contribution in [2.24, 2.45) is 0 Å². The summed E-state index contributed by atoms with van der Waals surface area (Å²) >= 11 is 11.8. The zero-order valence-electron chi connectivity index (χ0n) is 11.2. The molecule has 2 N–H and O–H groups in total. The Bertz CT molecular complexity index is 701. The lowest BCUT2D eigenvalue weighted by Gasteiger charge is -2.18. The molecule has 5 heteroatoms. The highest BCUT2D eigenvalue weighted by Gasteiger charge is 2.12. The van der Waals surface area contributed by atoms with Crippen LogP contribution in [0, 0.1) is 0 Å². The van der Waals surface area contributed by atoms with Crippen LogP contribution >= 0.6 is 23.2 Å². The monoisotopic (exact) mass is 320 g/mol. The van der Waals surface area contributed by atoms with Crippen molar-refractivity contribution < 1.29 is 4.79 Å². The van der Waals surface area contributed by atoms with Gasteiger partial charge in [-0.3, -0.25) is 4.79 Å². The summed E-state index contributed by atoms with van der Waals surface area (Å²) < 4.78 is 0. The maximum atomic E-state index is 12.2. The minimum atomic E-state index is -0.197. The van der Waals surface area contributed by atoms with E-state index in [9.17, 15) is 4.79 Å². The molecule has 0 aromatic heterocycles. The Balaban J connectivity index is 1.79. The zero-order chi connectivity index (χ0) is 14.8. The maximum Gasteiger partial charge on any atom is 0.255 e. The molecule has 1 aliphatic rings. The molecule has 0 bridgehead atoms. The van der Waals surface area contributed by atoms with Gasteiger partial charge >= 0.3 is 0 Å². The standard InChI is InChI=1S/C16H14Cl2N2O/c17-14-4-2-11(8-15(14)18)16(21)20-13-3-1-10-5-6-19-9-12(10)7-13/h1-4,7-8,19H,5-6,9H2,(H,20,21). The SMILES string of the molecule is O=C(Nc1ccc2c(c1)CNCC2)c1ccc(Cl)c(Cl)c1. The summed E-state index contributed by atoms with van der Waals surface area (Å²) in [5.41, 5.74) is 3.84. The van der Waals surface area contributed by atoms with Gasteiger partial charge in [0.25, 0.3) is 5.91 Å². The van der Waals surface area contributed by atoms with E-state index in [0.717, 1.165) is 25.2 Å². The number of halogens is 2. The molecule has 0 saturated heterocycles. The molecular formula is C16H14Cl2N2O. The first-order chi connectivity index (χ1) is 10.1. The highest BCUT2D eigenvalue weighted by atomic mass is 35.5. The number of nitrogens with one attached hydrogen (secondary N) is 2. The predicted molar refractivity (Wildman–Crippen MR) is 86.3 cm³/mol. The summed E-state index contributed by atoms with van der Waals surface area (Å²) in [7, 11) is 0. The van der Waals surface area contributed by atoms with Gasteiger partial charge in [-0.05, 0) is 54.4 Å². The molecule has 1 aliphatic heterocycles. The first-order valence-electron chi connectivity index (χ1n) is 6.72. The molecule has 0 spiro atoms. The largest absolute Gasteiger partial charge is 0.322 e. The lowest BCUT2D eigenvalue weighted by Crippen LogP contribution is -2.23. The fourth-order valence-electron chi connectivity index (χ4n) is 2.40. The second kappa shape index (κ2) is 6.06. The number of carbonyl (C=O) groups is 1. The third kappa shape index (κ3) is 3.21. The Labute approximate surface area is 133 Å². The zero-order valence-corrected chi connectivity index (χ0v) is 12.8. The van der Waals surface area contributed by atoms with Crippen LogP contribution in [0.4, 0.5) is 5.69 Å². The molecule has 1 heterocycles. The summed E-state index contributed by atoms with van der Waals surface area (Å²) in [5, 5.41) is 7.02. The molecule has 108 valence electrons. The van der Waals surface area contributed by atoms with E-state index in [-0.39, 0.29) is 5.91 Å². The third-order valence-electron chi connectivity index (χ3n) is 3.53. The molecule has 0 fully saturated rings. The van der Waals surface area contributed by atoms with Crippen LogP contribution in [0.25, 0.3) is 0 Å². The van der Waals surface area contributed by atoms with Crippen molar-refractivity contribution in [1.82, 2.24) is 5.32 Å². The molecule has 1 amide bonds. The number of hydrogen-bond donors (Lipinski definition) is 2. The molecule has 2 aromatic carbocycles. The van der Waals surface area contributed by atoms with E-state index in [0.29, 0.717) is 15.6 Å². The van der Waals surface area contributed by atoms with Crippen LogP contribution in [0.1, 0.15) is 21.5 Å². The first kappa shape index (κ1) is 14.4. The van der Waals surface area contributed by atoms with Crippen molar-refractivity contribution in [3.63, 3.8) is 0 Å². The Hall–Kier alpha value is -1.55. The van der Waals surface area contributed by atoms with Crippen molar-refractivity contribution in [3.05, 3.63) is 63.1 Å². The first-order valence-corrected chi connectivity index (χ1v) is 7.48. The number of carbonyl (C=O) groups excluding carboxylic acids is 1. The van der Waals surface area contributed by atoms with E-state index in [2.05, 4.69) is 16.7 Å². The average molecular weight is 321 g/mol. The van der Waals surface area contributed by atoms with Gasteiger partial charge in [0, 0.05) is 17.8 Å². The smallest absolute Gasteiger partial charge is 0.255 e. The van der Waals surface area contributed by atoms with E-state index in [1.807, 2.05) is 12.1 Å². The van der Waals surface area contributed by atoms with Crippen LogP contribution in [-0.4, -0.2) is 12.5 Å². The number of fused-ring (bicyclic) bond motifs is 1. The summed E-state index contributed by atoms with van der Waals surface area (Å²) in [4.78, 5) is 12.2. The number of hydrogen-bond acceptors (Lipinski definition) is 2. The minimum absolute atomic E-state index is 0.197. The van der Waals surface area contributed by atoms with Gasteiger partial charge in [-0.2, -0.15) is 0 Å². The summed E-state index contributed by atoms with van der Waals surface area (Å²) in [6, 6.07) is 10.9. The molecule has 0 saturated carbocycles. The molecule has 3 nitrogen and oxygen atoms in total. The van der Waals surface area contributed by atoms with Gasteiger partial charge < -0.3 is 10.6 Å². The number of benzene rings is 2. The number of anilines is 1. The van der Waals surface area contributed by atoms with Crippen LogP contribution in [0.15, 0.2) is 36.4 Å². The van der Waals surface area contributed by atoms with Crippen molar-refractivity contribution in [3.8, 4) is 0 Å². The highest BCUT2D eigenvalue weighted by Crippen LogP contribution is 2.24. The van der Waals surface area contributed by atoms with Gasteiger partial charge in [0.2, 0.25) is 0 Å². The third-order valence-corrected chi connectivity index (χ3v) is 4.27. The van der Waals surface area contributed by atoms with Crippen LogP contribution in [-0.2, 0) is 13.0 Å². The topological polar surface area (TPSA) is 41.1 Å². The summed E-state index contributed by atoms with van der Waals surface area (Å²) in [6.07, 6.45) is 1.02. The molecule has 2 aromatic rings. The van der Waals surface area contributed by atoms with Crippen molar-refractivity contribution in [1.29, 1.82) is 0 Å². The summed E-state index contributed by atoms with van der Waals surface area (Å²) in [5.74, 6) is -0.197. The van der Waals surface area contributed by atoms with Crippen LogP contribution in [0.3, 0.4) is 0 Å². The fourth-order valence-corrected chi connectivity index (χ4v) is 2.70. The van der Waals surface area contributed by atoms with E-state index in [4.69, 9.17) is 23.2 Å². The van der Waals surface area contributed by atoms with Gasteiger partial charge in [0.05, 0.1) is 10.0 Å². The molecule has 3 rings (SSSR count). The summed E-state index contributed by atoms with van der Waals surface area (Å²) in [6.45, 7) is 1.84. The average Bonchev–Trinajstić information content (AvgIpc) is 2.50. The lowest BCUT2D eigenvalue weighted by atomic mass is 10.0. The molecule has 0 radical (unpaired) electrons. The second-order valence-corrected chi connectivity index (χ2v) is 5.81. The van der Waals surface area contributed by atoms with Crippen molar-refractivity contribution in [2.45, 2.75) is 13.0 Å².